The van der Waals surface area contributed by atoms with E-state index in [-0.39, 0.29) is 18.1 Å². The molecule has 3 heteroatoms. The number of carbonyl (C=O) groups is 2. The number of amides is 1. The fourth-order valence-corrected chi connectivity index (χ4v) is 3.95. The molecule has 0 aromatic heterocycles. The van der Waals surface area contributed by atoms with Crippen molar-refractivity contribution in [1.82, 2.24) is 0 Å². The minimum Gasteiger partial charge on any atom is -0.326 e. The smallest absolute Gasteiger partial charge is 0.231 e. The van der Waals surface area contributed by atoms with Gasteiger partial charge in [-0.25, -0.2) is 0 Å². The van der Waals surface area contributed by atoms with Crippen LogP contribution in [0.3, 0.4) is 0 Å². The number of unbranched alkanes of at least 4 members (excludes halogenated alkanes) is 6. The van der Waals surface area contributed by atoms with Gasteiger partial charge < -0.3 is 5.32 Å². The monoisotopic (exact) mass is 377 g/mol. The van der Waals surface area contributed by atoms with Gasteiger partial charge in [-0.1, -0.05) is 75.8 Å². The normalized spacial score (nSPS) is 11.8. The van der Waals surface area contributed by atoms with E-state index in [9.17, 15) is 9.59 Å². The van der Waals surface area contributed by atoms with Crippen molar-refractivity contribution in [2.75, 3.05) is 5.32 Å². The standard InChI is InChI=1S/C25H31NO2/c1-2-3-4-5-6-7-8-12-22(27)18-25(28)26-21-15-14-20-16-19-11-9-10-13-23(19)24(20)17-21/h9-11,13-15,17H,2-8,12,16,18H2,1H3,(H,26,28). The summed E-state index contributed by atoms with van der Waals surface area (Å²) < 4.78 is 0. The molecule has 0 saturated carbocycles. The van der Waals surface area contributed by atoms with Crippen LogP contribution in [0.5, 0.6) is 0 Å². The molecule has 28 heavy (non-hydrogen) atoms. The predicted octanol–water partition coefficient (Wildman–Crippen LogP) is 6.30. The third-order valence-corrected chi connectivity index (χ3v) is 5.50. The summed E-state index contributed by atoms with van der Waals surface area (Å²) in [7, 11) is 0. The number of carbonyl (C=O) groups excluding carboxylic acids is 2. The summed E-state index contributed by atoms with van der Waals surface area (Å²) in [5, 5.41) is 2.90. The molecule has 1 aliphatic carbocycles. The number of Topliss-reactive ketones (excluding diaryl/α,β-unsaturated/α-hetero) is 1. The molecule has 3 rings (SSSR count). The lowest BCUT2D eigenvalue weighted by molar-refractivity contribution is -0.125. The van der Waals surface area contributed by atoms with Crippen LogP contribution in [0.15, 0.2) is 42.5 Å². The van der Waals surface area contributed by atoms with Gasteiger partial charge in [-0.3, -0.25) is 9.59 Å². The summed E-state index contributed by atoms with van der Waals surface area (Å²) in [6.07, 6.45) is 9.70. The van der Waals surface area contributed by atoms with E-state index in [2.05, 4.69) is 36.5 Å². The molecule has 2 aromatic rings. The highest BCUT2D eigenvalue weighted by molar-refractivity contribution is 6.04. The Morgan fingerprint density at radius 3 is 2.39 bits per heavy atom. The van der Waals surface area contributed by atoms with Crippen molar-refractivity contribution in [2.45, 2.75) is 71.1 Å². The summed E-state index contributed by atoms with van der Waals surface area (Å²) in [6.45, 7) is 2.21. The summed E-state index contributed by atoms with van der Waals surface area (Å²) in [5.74, 6) is -0.170. The zero-order valence-corrected chi connectivity index (χ0v) is 16.9. The molecular formula is C25H31NO2. The minimum atomic E-state index is -0.209. The molecule has 0 atom stereocenters. The Balaban J connectivity index is 1.43. The molecule has 0 aliphatic heterocycles. The van der Waals surface area contributed by atoms with Crippen molar-refractivity contribution in [1.29, 1.82) is 0 Å². The Labute approximate surface area is 168 Å². The molecule has 0 spiro atoms. The Hall–Kier alpha value is -2.42. The number of rotatable bonds is 11. The number of benzene rings is 2. The molecule has 0 fully saturated rings. The molecule has 148 valence electrons. The number of nitrogens with one attached hydrogen (secondary N) is 1. The first kappa shape index (κ1) is 20.3. The van der Waals surface area contributed by atoms with E-state index in [1.807, 2.05) is 18.2 Å². The van der Waals surface area contributed by atoms with Crippen molar-refractivity contribution >= 4 is 17.4 Å². The van der Waals surface area contributed by atoms with Gasteiger partial charge in [0.25, 0.3) is 0 Å². The number of hydrogen-bond acceptors (Lipinski definition) is 2. The van der Waals surface area contributed by atoms with Crippen molar-refractivity contribution in [2.24, 2.45) is 0 Å². The topological polar surface area (TPSA) is 46.2 Å². The molecule has 1 aliphatic rings. The van der Waals surface area contributed by atoms with Gasteiger partial charge in [0.2, 0.25) is 5.91 Å². The van der Waals surface area contributed by atoms with E-state index < -0.39 is 0 Å². The number of anilines is 1. The zero-order chi connectivity index (χ0) is 19.8. The van der Waals surface area contributed by atoms with Crippen LogP contribution in [0.25, 0.3) is 11.1 Å². The van der Waals surface area contributed by atoms with Crippen molar-refractivity contribution < 1.29 is 9.59 Å². The maximum atomic E-state index is 12.2. The van der Waals surface area contributed by atoms with Crippen LogP contribution in [0, 0.1) is 0 Å². The minimum absolute atomic E-state index is 0.0243. The second-order valence-electron chi connectivity index (χ2n) is 7.84. The van der Waals surface area contributed by atoms with Crippen LogP contribution in [-0.4, -0.2) is 11.7 Å². The molecule has 0 unspecified atom stereocenters. The molecule has 1 N–H and O–H groups in total. The van der Waals surface area contributed by atoms with E-state index in [0.29, 0.717) is 6.42 Å². The van der Waals surface area contributed by atoms with Crippen LogP contribution in [-0.2, 0) is 16.0 Å². The summed E-state index contributed by atoms with van der Waals surface area (Å²) in [5.41, 5.74) is 5.80. The van der Waals surface area contributed by atoms with Gasteiger partial charge in [0.1, 0.15) is 5.78 Å². The van der Waals surface area contributed by atoms with E-state index >= 15 is 0 Å². The largest absolute Gasteiger partial charge is 0.326 e. The lowest BCUT2D eigenvalue weighted by Gasteiger charge is -2.08. The van der Waals surface area contributed by atoms with Crippen LogP contribution in [0.4, 0.5) is 5.69 Å². The van der Waals surface area contributed by atoms with Crippen LogP contribution in [0.2, 0.25) is 0 Å². The van der Waals surface area contributed by atoms with Crippen LogP contribution >= 0.6 is 0 Å². The van der Waals surface area contributed by atoms with Gasteiger partial charge in [-0.05, 0) is 47.2 Å². The molecule has 0 radical (unpaired) electrons. The number of fused-ring (bicyclic) bond motifs is 3. The molecular weight excluding hydrogens is 346 g/mol. The summed E-state index contributed by atoms with van der Waals surface area (Å²) in [6, 6.07) is 14.4. The second-order valence-corrected chi connectivity index (χ2v) is 7.84. The van der Waals surface area contributed by atoms with Gasteiger partial charge in [-0.2, -0.15) is 0 Å². The van der Waals surface area contributed by atoms with Crippen molar-refractivity contribution in [3.63, 3.8) is 0 Å². The Morgan fingerprint density at radius 1 is 0.857 bits per heavy atom. The summed E-state index contributed by atoms with van der Waals surface area (Å²) >= 11 is 0. The SMILES string of the molecule is CCCCCCCCCC(=O)CC(=O)Nc1ccc2c(c1)-c1ccccc1C2. The van der Waals surface area contributed by atoms with E-state index in [1.165, 1.54) is 54.4 Å². The van der Waals surface area contributed by atoms with Crippen LogP contribution < -0.4 is 5.32 Å². The van der Waals surface area contributed by atoms with Gasteiger partial charge >= 0.3 is 0 Å². The van der Waals surface area contributed by atoms with Gasteiger partial charge in [0.05, 0.1) is 6.42 Å². The molecule has 0 bridgehead atoms. The highest BCUT2D eigenvalue weighted by Gasteiger charge is 2.18. The predicted molar refractivity (Wildman–Crippen MR) is 116 cm³/mol. The first-order valence-electron chi connectivity index (χ1n) is 10.7. The maximum absolute atomic E-state index is 12.2. The summed E-state index contributed by atoms with van der Waals surface area (Å²) in [4.78, 5) is 24.3. The Bertz CT molecular complexity index is 825. The fraction of sp³-hybridized carbons (Fsp3) is 0.440. The van der Waals surface area contributed by atoms with Gasteiger partial charge in [0.15, 0.2) is 0 Å². The van der Waals surface area contributed by atoms with E-state index in [4.69, 9.17) is 0 Å². The molecule has 2 aromatic carbocycles. The van der Waals surface area contributed by atoms with E-state index in [1.54, 1.807) is 0 Å². The average Bonchev–Trinajstić information content (AvgIpc) is 3.05. The highest BCUT2D eigenvalue weighted by atomic mass is 16.2. The van der Waals surface area contributed by atoms with Gasteiger partial charge in [0, 0.05) is 12.1 Å². The zero-order valence-electron chi connectivity index (χ0n) is 16.9. The molecule has 1 amide bonds. The maximum Gasteiger partial charge on any atom is 0.231 e. The first-order valence-corrected chi connectivity index (χ1v) is 10.7. The number of ketones is 1. The first-order chi connectivity index (χ1) is 13.7. The third kappa shape index (κ3) is 5.54. The lowest BCUT2D eigenvalue weighted by atomic mass is 10.0. The molecule has 0 heterocycles. The van der Waals surface area contributed by atoms with Crippen molar-refractivity contribution in [3.05, 3.63) is 53.6 Å². The average molecular weight is 378 g/mol. The van der Waals surface area contributed by atoms with Gasteiger partial charge in [-0.15, -0.1) is 0 Å². The highest BCUT2D eigenvalue weighted by Crippen LogP contribution is 2.37. The quantitative estimate of drug-likeness (QED) is 0.315. The number of hydrogen-bond donors (Lipinski definition) is 1. The molecule has 0 saturated heterocycles. The van der Waals surface area contributed by atoms with Crippen LogP contribution in [0.1, 0.15) is 75.8 Å². The molecule has 3 nitrogen and oxygen atoms in total. The Kier molecular flexibility index (Phi) is 7.41. The fourth-order valence-electron chi connectivity index (χ4n) is 3.95. The lowest BCUT2D eigenvalue weighted by Crippen LogP contribution is -2.16. The third-order valence-electron chi connectivity index (χ3n) is 5.50. The van der Waals surface area contributed by atoms with E-state index in [0.717, 1.165) is 24.9 Å². The second kappa shape index (κ2) is 10.2. The van der Waals surface area contributed by atoms with Crippen molar-refractivity contribution in [3.8, 4) is 11.1 Å². The Morgan fingerprint density at radius 2 is 1.57 bits per heavy atom.